The van der Waals surface area contributed by atoms with E-state index in [4.69, 9.17) is 5.73 Å². The summed E-state index contributed by atoms with van der Waals surface area (Å²) in [5, 5.41) is 0. The van der Waals surface area contributed by atoms with Gasteiger partial charge in [-0.25, -0.2) is 0 Å². The number of fused-ring (bicyclic) bond motifs is 1. The summed E-state index contributed by atoms with van der Waals surface area (Å²) in [5.74, 6) is 1.00. The minimum Gasteiger partial charge on any atom is -0.373 e. The van der Waals surface area contributed by atoms with Gasteiger partial charge in [-0.05, 0) is 30.1 Å². The van der Waals surface area contributed by atoms with Crippen LogP contribution < -0.4 is 10.6 Å². The zero-order valence-electron chi connectivity index (χ0n) is 12.2. The van der Waals surface area contributed by atoms with Crippen molar-refractivity contribution in [2.24, 2.45) is 5.73 Å². The van der Waals surface area contributed by atoms with Crippen molar-refractivity contribution in [3.8, 4) is 0 Å². The van der Waals surface area contributed by atoms with Gasteiger partial charge >= 0.3 is 0 Å². The molecule has 1 heterocycles. The van der Waals surface area contributed by atoms with Gasteiger partial charge in [0.25, 0.3) is 0 Å². The molecule has 1 amide bonds. The highest BCUT2D eigenvalue weighted by Gasteiger charge is 2.24. The number of anilines is 1. The maximum atomic E-state index is 12.4. The molecule has 20 heavy (non-hydrogen) atoms. The van der Waals surface area contributed by atoms with E-state index in [1.54, 1.807) is 11.8 Å². The summed E-state index contributed by atoms with van der Waals surface area (Å²) in [7, 11) is 2.07. The number of nitrogens with two attached hydrogens (primary N) is 1. The molecule has 0 aliphatic carbocycles. The summed E-state index contributed by atoms with van der Waals surface area (Å²) in [6.07, 6.45) is 2.78. The van der Waals surface area contributed by atoms with Crippen molar-refractivity contribution >= 4 is 23.4 Å². The number of carbonyl (C=O) groups is 1. The number of hydrogen-bond donors (Lipinski definition) is 1. The molecular weight excluding hydrogens is 270 g/mol. The molecule has 0 unspecified atom stereocenters. The summed E-state index contributed by atoms with van der Waals surface area (Å²) in [6.45, 7) is 2.24. The van der Waals surface area contributed by atoms with E-state index in [-0.39, 0.29) is 11.9 Å². The first-order valence-corrected chi connectivity index (χ1v) is 8.35. The van der Waals surface area contributed by atoms with E-state index in [1.807, 2.05) is 23.3 Å². The van der Waals surface area contributed by atoms with E-state index in [2.05, 4.69) is 24.1 Å². The summed E-state index contributed by atoms with van der Waals surface area (Å²) in [5.41, 5.74) is 8.42. The molecular formula is C15H23N3OS. The predicted octanol–water partition coefficient (Wildman–Crippen LogP) is 1.55. The van der Waals surface area contributed by atoms with Gasteiger partial charge < -0.3 is 15.5 Å². The van der Waals surface area contributed by atoms with Crippen LogP contribution in [0.4, 0.5) is 5.69 Å². The zero-order chi connectivity index (χ0) is 14.5. The first-order chi connectivity index (χ1) is 9.63. The van der Waals surface area contributed by atoms with E-state index >= 15 is 0 Å². The van der Waals surface area contributed by atoms with Crippen LogP contribution in [0.15, 0.2) is 24.3 Å². The normalized spacial score (nSPS) is 16.6. The van der Waals surface area contributed by atoms with Crippen LogP contribution in [0.3, 0.4) is 0 Å². The van der Waals surface area contributed by atoms with Crippen LogP contribution in [-0.4, -0.2) is 49.0 Å². The second-order valence-electron chi connectivity index (χ2n) is 5.20. The smallest absolute Gasteiger partial charge is 0.239 e. The Morgan fingerprint density at radius 1 is 1.40 bits per heavy atom. The van der Waals surface area contributed by atoms with Gasteiger partial charge in [0, 0.05) is 32.4 Å². The highest BCUT2D eigenvalue weighted by Crippen LogP contribution is 2.23. The van der Waals surface area contributed by atoms with Gasteiger partial charge in [0.15, 0.2) is 0 Å². The number of benzene rings is 1. The highest BCUT2D eigenvalue weighted by atomic mass is 32.2. The van der Waals surface area contributed by atoms with Crippen molar-refractivity contribution in [3.05, 3.63) is 29.8 Å². The molecule has 1 atom stereocenters. The zero-order valence-corrected chi connectivity index (χ0v) is 13.0. The largest absolute Gasteiger partial charge is 0.373 e. The Hall–Kier alpha value is -1.20. The molecule has 2 rings (SSSR count). The minimum absolute atomic E-state index is 0.0733. The standard InChI is InChI=1S/C15H23N3OS/c1-17-8-9-18(15(19)13(16)7-10-20-2)11-12-5-3-4-6-14(12)17/h3-6,13H,7-11,16H2,1-2H3/t13-/m0/s1. The topological polar surface area (TPSA) is 49.6 Å². The Balaban J connectivity index is 2.10. The third-order valence-corrected chi connectivity index (χ3v) is 4.38. The lowest BCUT2D eigenvalue weighted by Gasteiger charge is -2.24. The molecule has 2 N–H and O–H groups in total. The molecule has 1 aliphatic heterocycles. The van der Waals surface area contributed by atoms with Crippen molar-refractivity contribution in [2.75, 3.05) is 37.0 Å². The Morgan fingerprint density at radius 2 is 2.15 bits per heavy atom. The monoisotopic (exact) mass is 293 g/mol. The van der Waals surface area contributed by atoms with Crippen molar-refractivity contribution in [3.63, 3.8) is 0 Å². The molecule has 4 nitrogen and oxygen atoms in total. The lowest BCUT2D eigenvalue weighted by molar-refractivity contribution is -0.133. The van der Waals surface area contributed by atoms with E-state index in [0.717, 1.165) is 25.3 Å². The van der Waals surface area contributed by atoms with Gasteiger partial charge in [-0.2, -0.15) is 11.8 Å². The Kier molecular flexibility index (Phi) is 5.31. The van der Waals surface area contributed by atoms with E-state index in [9.17, 15) is 4.79 Å². The van der Waals surface area contributed by atoms with Crippen LogP contribution in [0.2, 0.25) is 0 Å². The number of carbonyl (C=O) groups excluding carboxylic acids is 1. The van der Waals surface area contributed by atoms with Gasteiger partial charge in [-0.3, -0.25) is 4.79 Å². The number of thioether (sulfide) groups is 1. The average Bonchev–Trinajstić information content (AvgIpc) is 2.64. The second kappa shape index (κ2) is 6.99. The van der Waals surface area contributed by atoms with Crippen LogP contribution in [0.5, 0.6) is 0 Å². The van der Waals surface area contributed by atoms with Crippen molar-refractivity contribution in [1.82, 2.24) is 4.90 Å². The van der Waals surface area contributed by atoms with Gasteiger partial charge in [0.05, 0.1) is 6.04 Å². The van der Waals surface area contributed by atoms with Gasteiger partial charge in [0.2, 0.25) is 5.91 Å². The van der Waals surface area contributed by atoms with Crippen LogP contribution in [0, 0.1) is 0 Å². The van der Waals surface area contributed by atoms with Crippen molar-refractivity contribution < 1.29 is 4.79 Å². The van der Waals surface area contributed by atoms with Crippen molar-refractivity contribution in [2.45, 2.75) is 19.0 Å². The number of hydrogen-bond acceptors (Lipinski definition) is 4. The maximum Gasteiger partial charge on any atom is 0.239 e. The number of likely N-dealkylation sites (N-methyl/N-ethyl adjacent to an activating group) is 1. The third kappa shape index (κ3) is 3.46. The molecule has 110 valence electrons. The fraction of sp³-hybridized carbons (Fsp3) is 0.533. The van der Waals surface area contributed by atoms with Gasteiger partial charge in [0.1, 0.15) is 0 Å². The lowest BCUT2D eigenvalue weighted by Crippen LogP contribution is -2.45. The molecule has 1 aliphatic rings. The van der Waals surface area contributed by atoms with E-state index in [0.29, 0.717) is 6.54 Å². The second-order valence-corrected chi connectivity index (χ2v) is 6.18. The molecule has 0 fully saturated rings. The third-order valence-electron chi connectivity index (χ3n) is 3.73. The number of amides is 1. The Bertz CT molecular complexity index is 466. The van der Waals surface area contributed by atoms with Crippen LogP contribution in [0.1, 0.15) is 12.0 Å². The molecule has 0 spiro atoms. The summed E-state index contributed by atoms with van der Waals surface area (Å²) >= 11 is 1.73. The molecule has 0 radical (unpaired) electrons. The highest BCUT2D eigenvalue weighted by molar-refractivity contribution is 7.98. The molecule has 1 aromatic rings. The van der Waals surface area contributed by atoms with Crippen LogP contribution in [-0.2, 0) is 11.3 Å². The quantitative estimate of drug-likeness (QED) is 0.915. The van der Waals surface area contributed by atoms with Crippen LogP contribution >= 0.6 is 11.8 Å². The SMILES string of the molecule is CSCC[C@H](N)C(=O)N1CCN(C)c2ccccc2C1. The molecule has 5 heteroatoms. The Morgan fingerprint density at radius 3 is 2.90 bits per heavy atom. The lowest BCUT2D eigenvalue weighted by atomic mass is 10.1. The van der Waals surface area contributed by atoms with Gasteiger partial charge in [-0.15, -0.1) is 0 Å². The fourth-order valence-corrected chi connectivity index (χ4v) is 2.97. The first kappa shape index (κ1) is 15.2. The number of nitrogens with zero attached hydrogens (tertiary/aromatic N) is 2. The average molecular weight is 293 g/mol. The molecule has 1 aromatic carbocycles. The van der Waals surface area contributed by atoms with Crippen molar-refractivity contribution in [1.29, 1.82) is 0 Å². The summed E-state index contributed by atoms with van der Waals surface area (Å²) in [6, 6.07) is 7.88. The molecule has 0 aromatic heterocycles. The minimum atomic E-state index is -0.377. The van der Waals surface area contributed by atoms with E-state index < -0.39 is 0 Å². The maximum absolute atomic E-state index is 12.4. The molecule has 0 bridgehead atoms. The van der Waals surface area contributed by atoms with E-state index in [1.165, 1.54) is 11.3 Å². The fourth-order valence-electron chi connectivity index (χ4n) is 2.48. The Labute approximate surface area is 125 Å². The summed E-state index contributed by atoms with van der Waals surface area (Å²) < 4.78 is 0. The summed E-state index contributed by atoms with van der Waals surface area (Å²) in [4.78, 5) is 16.5. The number of para-hydroxylation sites is 1. The first-order valence-electron chi connectivity index (χ1n) is 6.96. The molecule has 0 saturated carbocycles. The number of rotatable bonds is 4. The van der Waals surface area contributed by atoms with Crippen LogP contribution in [0.25, 0.3) is 0 Å². The molecule has 0 saturated heterocycles. The predicted molar refractivity (Wildman–Crippen MR) is 86.1 cm³/mol. The van der Waals surface area contributed by atoms with Gasteiger partial charge in [-0.1, -0.05) is 18.2 Å².